The number of halogens is 1. The van der Waals surface area contributed by atoms with Crippen LogP contribution < -0.4 is 11.1 Å². The van der Waals surface area contributed by atoms with Crippen LogP contribution in [0, 0.1) is 0 Å². The first-order chi connectivity index (χ1) is 8.09. The topological polar surface area (TPSA) is 85.1 Å². The van der Waals surface area contributed by atoms with Gasteiger partial charge in [0, 0.05) is 19.2 Å². The van der Waals surface area contributed by atoms with E-state index in [4.69, 9.17) is 5.73 Å². The lowest BCUT2D eigenvalue weighted by atomic mass is 10.2. The second-order valence-electron chi connectivity index (χ2n) is 3.55. The van der Waals surface area contributed by atoms with Crippen molar-refractivity contribution >= 4 is 27.7 Å². The first kappa shape index (κ1) is 13.6. The number of amides is 2. The second kappa shape index (κ2) is 7.01. The van der Waals surface area contributed by atoms with Gasteiger partial charge in [-0.25, -0.2) is 4.98 Å². The summed E-state index contributed by atoms with van der Waals surface area (Å²) in [5, 5.41) is 2.75. The van der Waals surface area contributed by atoms with Crippen molar-refractivity contribution in [3.05, 3.63) is 28.5 Å². The number of primary amides is 1. The normalized spacial score (nSPS) is 9.94. The molecular formula is C11H14BrN3O2. The Morgan fingerprint density at radius 3 is 2.71 bits per heavy atom. The maximum atomic E-state index is 11.6. The van der Waals surface area contributed by atoms with Crippen molar-refractivity contribution in [2.75, 3.05) is 6.54 Å². The van der Waals surface area contributed by atoms with E-state index >= 15 is 0 Å². The molecule has 0 aliphatic carbocycles. The van der Waals surface area contributed by atoms with Crippen molar-refractivity contribution in [1.29, 1.82) is 0 Å². The zero-order valence-corrected chi connectivity index (χ0v) is 10.9. The summed E-state index contributed by atoms with van der Waals surface area (Å²) in [5.74, 6) is -0.475. The highest BCUT2D eigenvalue weighted by Crippen LogP contribution is 2.06. The Bertz CT molecular complexity index is 392. The summed E-state index contributed by atoms with van der Waals surface area (Å²) in [6, 6.07) is 3.40. The number of hydrogen-bond donors (Lipinski definition) is 2. The minimum absolute atomic E-state index is 0.163. The molecule has 0 saturated heterocycles. The molecule has 0 saturated carbocycles. The molecule has 0 unspecified atom stereocenters. The van der Waals surface area contributed by atoms with Gasteiger partial charge in [-0.2, -0.15) is 0 Å². The van der Waals surface area contributed by atoms with Crippen molar-refractivity contribution in [2.24, 2.45) is 5.73 Å². The van der Waals surface area contributed by atoms with Gasteiger partial charge in [-0.3, -0.25) is 9.59 Å². The summed E-state index contributed by atoms with van der Waals surface area (Å²) in [5.41, 5.74) is 5.52. The fourth-order valence-electron chi connectivity index (χ4n) is 1.24. The Morgan fingerprint density at radius 2 is 2.12 bits per heavy atom. The zero-order valence-electron chi connectivity index (χ0n) is 9.28. The number of unbranched alkanes of at least 4 members (excludes halogenated alkanes) is 1. The van der Waals surface area contributed by atoms with E-state index in [1.165, 1.54) is 6.20 Å². The number of nitrogens with two attached hydrogens (primary N) is 1. The minimum atomic E-state index is -0.312. The third kappa shape index (κ3) is 5.44. The third-order valence-corrected chi connectivity index (χ3v) is 2.59. The summed E-state index contributed by atoms with van der Waals surface area (Å²) in [7, 11) is 0. The molecule has 0 atom stereocenters. The van der Waals surface area contributed by atoms with Gasteiger partial charge in [-0.05, 0) is 40.9 Å². The molecule has 0 aliphatic rings. The molecule has 1 aromatic heterocycles. The van der Waals surface area contributed by atoms with E-state index in [1.807, 2.05) is 0 Å². The van der Waals surface area contributed by atoms with Crippen molar-refractivity contribution in [2.45, 2.75) is 19.3 Å². The Balaban J connectivity index is 2.25. The van der Waals surface area contributed by atoms with Gasteiger partial charge in [-0.1, -0.05) is 0 Å². The molecular weight excluding hydrogens is 286 g/mol. The van der Waals surface area contributed by atoms with E-state index < -0.39 is 0 Å². The third-order valence-electron chi connectivity index (χ3n) is 2.13. The van der Waals surface area contributed by atoms with E-state index in [0.717, 1.165) is 6.42 Å². The van der Waals surface area contributed by atoms with Crippen LogP contribution in [0.15, 0.2) is 22.9 Å². The molecule has 92 valence electrons. The lowest BCUT2D eigenvalue weighted by Crippen LogP contribution is -2.24. The number of nitrogens with zero attached hydrogens (tertiary/aromatic N) is 1. The number of nitrogens with one attached hydrogen (secondary N) is 1. The number of pyridine rings is 1. The maximum absolute atomic E-state index is 11.6. The quantitative estimate of drug-likeness (QED) is 0.612. The van der Waals surface area contributed by atoms with E-state index in [9.17, 15) is 9.59 Å². The second-order valence-corrected chi connectivity index (χ2v) is 4.36. The van der Waals surface area contributed by atoms with Crippen molar-refractivity contribution in [3.8, 4) is 0 Å². The predicted octanol–water partition coefficient (Wildman–Crippen LogP) is 1.23. The van der Waals surface area contributed by atoms with Crippen LogP contribution in [0.25, 0.3) is 0 Å². The van der Waals surface area contributed by atoms with Crippen molar-refractivity contribution in [1.82, 2.24) is 10.3 Å². The molecule has 0 radical (unpaired) electrons. The molecule has 0 aromatic carbocycles. The Hall–Kier alpha value is -1.43. The Kier molecular flexibility index (Phi) is 5.62. The van der Waals surface area contributed by atoms with Crippen molar-refractivity contribution in [3.63, 3.8) is 0 Å². The molecule has 1 rings (SSSR count). The molecule has 2 amide bonds. The number of rotatable bonds is 6. The van der Waals surface area contributed by atoms with E-state index in [1.54, 1.807) is 12.1 Å². The van der Waals surface area contributed by atoms with Gasteiger partial charge in [0.1, 0.15) is 4.60 Å². The predicted molar refractivity (Wildman–Crippen MR) is 67.3 cm³/mol. The smallest absolute Gasteiger partial charge is 0.252 e. The van der Waals surface area contributed by atoms with E-state index in [2.05, 4.69) is 26.2 Å². The van der Waals surface area contributed by atoms with Crippen LogP contribution in [0.1, 0.15) is 29.6 Å². The average Bonchev–Trinajstić information content (AvgIpc) is 2.29. The molecule has 1 aromatic rings. The molecule has 0 fully saturated rings. The lowest BCUT2D eigenvalue weighted by molar-refractivity contribution is -0.118. The largest absolute Gasteiger partial charge is 0.370 e. The summed E-state index contributed by atoms with van der Waals surface area (Å²) in [6.07, 6.45) is 3.28. The molecule has 17 heavy (non-hydrogen) atoms. The molecule has 5 nitrogen and oxygen atoms in total. The van der Waals surface area contributed by atoms with Crippen LogP contribution in [0.5, 0.6) is 0 Å². The standard InChI is InChI=1S/C11H14BrN3O2/c12-9-5-4-8(7-15-9)11(17)14-6-2-1-3-10(13)16/h4-5,7H,1-3,6H2,(H2,13,16)(H,14,17). The monoisotopic (exact) mass is 299 g/mol. The first-order valence-corrected chi connectivity index (χ1v) is 6.07. The highest BCUT2D eigenvalue weighted by atomic mass is 79.9. The van der Waals surface area contributed by atoms with Crippen molar-refractivity contribution < 1.29 is 9.59 Å². The molecule has 0 spiro atoms. The van der Waals surface area contributed by atoms with Crippen LogP contribution in [0.3, 0.4) is 0 Å². The van der Waals surface area contributed by atoms with Gasteiger partial charge in [0.15, 0.2) is 0 Å². The average molecular weight is 300 g/mol. The molecule has 3 N–H and O–H groups in total. The van der Waals surface area contributed by atoms with E-state index in [-0.39, 0.29) is 11.8 Å². The van der Waals surface area contributed by atoms with Crippen LogP contribution in [-0.2, 0) is 4.79 Å². The summed E-state index contributed by atoms with van der Waals surface area (Å²) in [6.45, 7) is 0.530. The molecule has 0 aliphatic heterocycles. The fraction of sp³-hybridized carbons (Fsp3) is 0.364. The van der Waals surface area contributed by atoms with Crippen LogP contribution in [-0.4, -0.2) is 23.3 Å². The SMILES string of the molecule is NC(=O)CCCCNC(=O)c1ccc(Br)nc1. The maximum Gasteiger partial charge on any atom is 0.252 e. The zero-order chi connectivity index (χ0) is 12.7. The van der Waals surface area contributed by atoms with Gasteiger partial charge in [0.25, 0.3) is 5.91 Å². The number of hydrogen-bond acceptors (Lipinski definition) is 3. The van der Waals surface area contributed by atoms with Crippen LogP contribution in [0.2, 0.25) is 0 Å². The van der Waals surface area contributed by atoms with Crippen LogP contribution >= 0.6 is 15.9 Å². The highest BCUT2D eigenvalue weighted by Gasteiger charge is 2.04. The number of carbonyl (C=O) groups is 2. The minimum Gasteiger partial charge on any atom is -0.370 e. The first-order valence-electron chi connectivity index (χ1n) is 5.27. The van der Waals surface area contributed by atoms with Gasteiger partial charge >= 0.3 is 0 Å². The molecule has 0 bridgehead atoms. The fourth-order valence-corrected chi connectivity index (χ4v) is 1.47. The van der Waals surface area contributed by atoms with Gasteiger partial charge < -0.3 is 11.1 Å². The summed E-state index contributed by atoms with van der Waals surface area (Å²) in [4.78, 5) is 26.0. The van der Waals surface area contributed by atoms with Gasteiger partial charge in [0.05, 0.1) is 5.56 Å². The number of aromatic nitrogens is 1. The lowest BCUT2D eigenvalue weighted by Gasteiger charge is -2.04. The summed E-state index contributed by atoms with van der Waals surface area (Å²) >= 11 is 3.19. The molecule has 1 heterocycles. The molecule has 6 heteroatoms. The van der Waals surface area contributed by atoms with E-state index in [0.29, 0.717) is 29.6 Å². The Labute approximate surface area is 108 Å². The van der Waals surface area contributed by atoms with Gasteiger partial charge in [-0.15, -0.1) is 0 Å². The number of carbonyl (C=O) groups excluding carboxylic acids is 2. The van der Waals surface area contributed by atoms with Gasteiger partial charge in [0.2, 0.25) is 5.91 Å². The highest BCUT2D eigenvalue weighted by molar-refractivity contribution is 9.10. The van der Waals surface area contributed by atoms with Crippen LogP contribution in [0.4, 0.5) is 0 Å². The summed E-state index contributed by atoms with van der Waals surface area (Å²) < 4.78 is 0.690. The Morgan fingerprint density at radius 1 is 1.35 bits per heavy atom.